The minimum atomic E-state index is -7.58. The molecule has 0 radical (unpaired) electrons. The predicted molar refractivity (Wildman–Crippen MR) is 100 cm³/mol. The number of fused-ring (bicyclic) bond motifs is 1. The molecule has 0 aromatic heterocycles. The molecule has 2 heterocycles. The van der Waals surface area contributed by atoms with Crippen LogP contribution in [-0.4, -0.2) is 73.4 Å². The van der Waals surface area contributed by atoms with E-state index in [2.05, 4.69) is 4.18 Å². The third-order valence-electron chi connectivity index (χ3n) is 5.34. The minimum absolute atomic E-state index is 0.192. The first-order valence-electron chi connectivity index (χ1n) is 9.70. The number of piperidine rings is 1. The van der Waals surface area contributed by atoms with Gasteiger partial charge in [0.15, 0.2) is 0 Å². The Morgan fingerprint density at radius 1 is 0.921 bits per heavy atom. The molecule has 1 aromatic rings. The summed E-state index contributed by atoms with van der Waals surface area (Å²) in [6.45, 7) is 0. The van der Waals surface area contributed by atoms with Crippen molar-refractivity contribution in [2.75, 3.05) is 7.11 Å². The topological polar surface area (TPSA) is 136 Å². The molecule has 0 bridgehead atoms. The summed E-state index contributed by atoms with van der Waals surface area (Å²) in [6.07, 6.45) is -7.98. The molecule has 1 aromatic carbocycles. The lowest BCUT2D eigenvalue weighted by Gasteiger charge is -2.32. The van der Waals surface area contributed by atoms with Gasteiger partial charge in [0.25, 0.3) is 11.8 Å². The first-order chi connectivity index (χ1) is 17.1. The summed E-state index contributed by atoms with van der Waals surface area (Å²) in [6, 6.07) is -1.13. The molecule has 1 fully saturated rings. The second-order valence-electron chi connectivity index (χ2n) is 7.70. The fourth-order valence-corrected chi connectivity index (χ4v) is 4.34. The number of alkyl halides is 9. The van der Waals surface area contributed by atoms with E-state index in [9.17, 15) is 67.1 Å². The van der Waals surface area contributed by atoms with E-state index in [1.807, 2.05) is 5.32 Å². The summed E-state index contributed by atoms with van der Waals surface area (Å²) < 4.78 is 150. The first kappa shape index (κ1) is 29.0. The number of rotatable bonds is 7. The normalized spacial score (nSPS) is 19.4. The van der Waals surface area contributed by atoms with E-state index in [4.69, 9.17) is 4.74 Å². The predicted octanol–water partition coefficient (Wildman–Crippen LogP) is 2.23. The molecule has 20 heteroatoms. The highest BCUT2D eigenvalue weighted by molar-refractivity contribution is 7.88. The Balaban J connectivity index is 2.03. The van der Waals surface area contributed by atoms with Gasteiger partial charge in [0.2, 0.25) is 11.8 Å². The van der Waals surface area contributed by atoms with Crippen LogP contribution in [0.4, 0.5) is 39.5 Å². The van der Waals surface area contributed by atoms with Crippen molar-refractivity contribution in [1.29, 1.82) is 0 Å². The van der Waals surface area contributed by atoms with E-state index in [1.165, 1.54) is 0 Å². The number of carbonyl (C=O) groups is 4. The van der Waals surface area contributed by atoms with Gasteiger partial charge in [-0.05, 0) is 12.5 Å². The van der Waals surface area contributed by atoms with Gasteiger partial charge in [0, 0.05) is 12.5 Å². The smallest absolute Gasteiger partial charge is 0.460 e. The molecule has 4 amide bonds. The summed E-state index contributed by atoms with van der Waals surface area (Å²) in [5.74, 6) is -22.0. The Kier molecular flexibility index (Phi) is 6.66. The summed E-state index contributed by atoms with van der Waals surface area (Å²) >= 11 is 0. The van der Waals surface area contributed by atoms with Crippen LogP contribution in [0, 0.1) is 0 Å². The summed E-state index contributed by atoms with van der Waals surface area (Å²) in [5.41, 5.74) is -1.60. The van der Waals surface area contributed by atoms with Crippen LogP contribution in [0.1, 0.15) is 33.6 Å². The number of carbonyl (C=O) groups excluding carboxylic acids is 4. The minimum Gasteiger partial charge on any atom is -0.496 e. The van der Waals surface area contributed by atoms with Crippen LogP contribution in [0.15, 0.2) is 12.1 Å². The van der Waals surface area contributed by atoms with Crippen molar-refractivity contribution in [2.24, 2.45) is 0 Å². The SMILES string of the molecule is COc1cc(OS(=O)(=O)C(F)(F)C(F)(F)C(F)(F)C(F)(F)F)cc2c1C(=O)N(C1CCC(=O)NC1=O)C2=O. The van der Waals surface area contributed by atoms with Crippen LogP contribution in [0.5, 0.6) is 11.5 Å². The molecule has 1 unspecified atom stereocenters. The first-order valence-corrected chi connectivity index (χ1v) is 11.1. The van der Waals surface area contributed by atoms with Crippen molar-refractivity contribution in [3.63, 3.8) is 0 Å². The van der Waals surface area contributed by atoms with E-state index in [0.29, 0.717) is 4.90 Å². The fraction of sp³-hybridized carbons (Fsp3) is 0.444. The molecule has 1 N–H and O–H groups in total. The summed E-state index contributed by atoms with van der Waals surface area (Å²) in [5, 5.41) is -5.35. The maximum atomic E-state index is 14.0. The van der Waals surface area contributed by atoms with Gasteiger partial charge < -0.3 is 8.92 Å². The van der Waals surface area contributed by atoms with Gasteiger partial charge in [-0.2, -0.15) is 47.9 Å². The Morgan fingerprint density at radius 3 is 2.00 bits per heavy atom. The summed E-state index contributed by atoms with van der Waals surface area (Å²) in [7, 11) is -6.58. The fourth-order valence-electron chi connectivity index (χ4n) is 3.44. The van der Waals surface area contributed by atoms with Crippen LogP contribution in [-0.2, 0) is 19.7 Å². The number of ether oxygens (including phenoxy) is 1. The monoisotopic (exact) mass is 586 g/mol. The highest BCUT2D eigenvalue weighted by atomic mass is 32.2. The lowest BCUT2D eigenvalue weighted by Crippen LogP contribution is -2.63. The highest BCUT2D eigenvalue weighted by Gasteiger charge is 2.86. The third kappa shape index (κ3) is 4.09. The molecule has 2 aliphatic rings. The van der Waals surface area contributed by atoms with Crippen LogP contribution in [0.25, 0.3) is 0 Å². The van der Waals surface area contributed by atoms with Crippen molar-refractivity contribution < 1.29 is 76.0 Å². The highest BCUT2D eigenvalue weighted by Crippen LogP contribution is 2.55. The van der Waals surface area contributed by atoms with E-state index >= 15 is 0 Å². The molecule has 0 saturated carbocycles. The van der Waals surface area contributed by atoms with E-state index in [1.54, 1.807) is 0 Å². The molecule has 1 saturated heterocycles. The van der Waals surface area contributed by atoms with Crippen molar-refractivity contribution >= 4 is 33.7 Å². The largest absolute Gasteiger partial charge is 0.496 e. The number of hydrogen-bond acceptors (Lipinski definition) is 8. The van der Waals surface area contributed by atoms with Gasteiger partial charge in [-0.3, -0.25) is 29.4 Å². The number of benzene rings is 1. The molecule has 38 heavy (non-hydrogen) atoms. The average Bonchev–Trinajstić information content (AvgIpc) is 3.02. The Hall–Kier alpha value is -3.58. The van der Waals surface area contributed by atoms with Crippen molar-refractivity contribution in [3.05, 3.63) is 23.3 Å². The number of nitrogens with one attached hydrogen (secondary N) is 1. The van der Waals surface area contributed by atoms with Gasteiger partial charge in [0.1, 0.15) is 17.5 Å². The standard InChI is InChI=1S/C18H11F9N2O8S/c1-36-9-5-6(37-38(34,35)18(26,27)16(21,22)15(19,20)17(23,24)25)4-7-11(9)14(33)29(13(7)32)8-2-3-10(30)28-12(8)31/h4-5,8H,2-3H2,1H3,(H,28,30,31). The molecular formula is C18H11F9N2O8S. The lowest BCUT2D eigenvalue weighted by atomic mass is 10.0. The summed E-state index contributed by atoms with van der Waals surface area (Å²) in [4.78, 5) is 49.3. The molecule has 3 rings (SSSR count). The molecule has 2 aliphatic heterocycles. The Bertz CT molecular complexity index is 1340. The average molecular weight is 586 g/mol. The van der Waals surface area contributed by atoms with Gasteiger partial charge in [-0.25, -0.2) is 0 Å². The van der Waals surface area contributed by atoms with E-state index in [-0.39, 0.29) is 25.0 Å². The third-order valence-corrected chi connectivity index (χ3v) is 6.63. The zero-order valence-electron chi connectivity index (χ0n) is 18.2. The number of hydrogen-bond donors (Lipinski definition) is 1. The lowest BCUT2D eigenvalue weighted by molar-refractivity contribution is -0.382. The number of imide groups is 2. The van der Waals surface area contributed by atoms with Crippen molar-refractivity contribution in [1.82, 2.24) is 10.2 Å². The molecule has 210 valence electrons. The van der Waals surface area contributed by atoms with Gasteiger partial charge in [0.05, 0.1) is 18.2 Å². The molecule has 0 aliphatic carbocycles. The van der Waals surface area contributed by atoms with Gasteiger partial charge in [-0.1, -0.05) is 0 Å². The van der Waals surface area contributed by atoms with E-state index < -0.39 is 85.7 Å². The molecule has 10 nitrogen and oxygen atoms in total. The van der Waals surface area contributed by atoms with Crippen LogP contribution in [0.3, 0.4) is 0 Å². The maximum absolute atomic E-state index is 14.0. The second-order valence-corrected chi connectivity index (χ2v) is 9.28. The molecule has 0 spiro atoms. The van der Waals surface area contributed by atoms with Crippen LogP contribution < -0.4 is 14.2 Å². The van der Waals surface area contributed by atoms with Crippen LogP contribution >= 0.6 is 0 Å². The molecular weight excluding hydrogens is 575 g/mol. The Morgan fingerprint density at radius 2 is 1.50 bits per heavy atom. The van der Waals surface area contributed by atoms with Crippen molar-refractivity contribution in [2.45, 2.75) is 42.2 Å². The zero-order valence-corrected chi connectivity index (χ0v) is 19.0. The second kappa shape index (κ2) is 8.73. The number of amides is 4. The van der Waals surface area contributed by atoms with Gasteiger partial charge >= 0.3 is 33.4 Å². The maximum Gasteiger partial charge on any atom is 0.460 e. The van der Waals surface area contributed by atoms with E-state index in [0.717, 1.165) is 7.11 Å². The quantitative estimate of drug-likeness (QED) is 0.292. The zero-order chi connectivity index (χ0) is 29.2. The van der Waals surface area contributed by atoms with Crippen molar-refractivity contribution in [3.8, 4) is 11.5 Å². The molecule has 1 atom stereocenters. The number of methoxy groups -OCH3 is 1. The Labute approximate surface area is 204 Å². The number of halogens is 9. The number of nitrogens with zero attached hydrogens (tertiary/aromatic N) is 1. The van der Waals surface area contributed by atoms with Crippen LogP contribution in [0.2, 0.25) is 0 Å². The van der Waals surface area contributed by atoms with Gasteiger partial charge in [-0.15, -0.1) is 0 Å².